The molecule has 0 saturated carbocycles. The fourth-order valence-corrected chi connectivity index (χ4v) is 2.28. The molecule has 1 heterocycles. The van der Waals surface area contributed by atoms with E-state index < -0.39 is 22.3 Å². The van der Waals surface area contributed by atoms with Gasteiger partial charge in [0, 0.05) is 6.07 Å². The van der Waals surface area contributed by atoms with Crippen LogP contribution in [0.5, 0.6) is 17.2 Å². The van der Waals surface area contributed by atoms with Crippen LogP contribution in [0.3, 0.4) is 0 Å². The fourth-order valence-electron chi connectivity index (χ4n) is 2.28. The summed E-state index contributed by atoms with van der Waals surface area (Å²) in [4.78, 5) is 21.7. The number of ether oxygens (including phenoxy) is 2. The van der Waals surface area contributed by atoms with Gasteiger partial charge in [0.15, 0.2) is 17.2 Å². The molecule has 122 valence electrons. The Morgan fingerprint density at radius 2 is 1.92 bits per heavy atom. The Morgan fingerprint density at radius 1 is 1.17 bits per heavy atom. The minimum absolute atomic E-state index is 0.0645. The average Bonchev–Trinajstić information content (AvgIpc) is 3.00. The average molecular weight is 329 g/mol. The van der Waals surface area contributed by atoms with Gasteiger partial charge in [0.25, 0.3) is 0 Å². The highest BCUT2D eigenvalue weighted by atomic mass is 16.7. The van der Waals surface area contributed by atoms with Gasteiger partial charge in [-0.15, -0.1) is 0 Å². The number of aliphatic carboxylic acids is 1. The third kappa shape index (κ3) is 2.84. The first-order chi connectivity index (χ1) is 11.5. The molecule has 0 unspecified atom stereocenters. The van der Waals surface area contributed by atoms with E-state index in [0.717, 1.165) is 12.1 Å². The standard InChI is InChI=1S/C16H11NO7/c18-13-3-1-9(6-12(13)17(21)22)5-11(16(19)20)10-2-4-14-15(7-10)24-8-23-14/h1-7,18H,8H2,(H,19,20)/b11-5-. The van der Waals surface area contributed by atoms with Gasteiger partial charge in [-0.3, -0.25) is 10.1 Å². The van der Waals surface area contributed by atoms with E-state index >= 15 is 0 Å². The minimum Gasteiger partial charge on any atom is -0.502 e. The summed E-state index contributed by atoms with van der Waals surface area (Å²) in [6.07, 6.45) is 1.28. The van der Waals surface area contributed by atoms with Gasteiger partial charge < -0.3 is 19.7 Å². The van der Waals surface area contributed by atoms with Gasteiger partial charge in [-0.1, -0.05) is 12.1 Å². The summed E-state index contributed by atoms with van der Waals surface area (Å²) in [5, 5.41) is 29.8. The molecule has 2 aromatic carbocycles. The van der Waals surface area contributed by atoms with Gasteiger partial charge in [0.05, 0.1) is 10.5 Å². The van der Waals surface area contributed by atoms with Crippen molar-refractivity contribution in [3.63, 3.8) is 0 Å². The van der Waals surface area contributed by atoms with Crippen molar-refractivity contribution in [2.24, 2.45) is 0 Å². The van der Waals surface area contributed by atoms with Crippen LogP contribution in [-0.2, 0) is 4.79 Å². The summed E-state index contributed by atoms with van der Waals surface area (Å²) in [6, 6.07) is 8.31. The first kappa shape index (κ1) is 15.3. The van der Waals surface area contributed by atoms with E-state index in [1.807, 2.05) is 0 Å². The Hall–Kier alpha value is -3.55. The maximum atomic E-state index is 11.6. The largest absolute Gasteiger partial charge is 0.502 e. The van der Waals surface area contributed by atoms with E-state index in [-0.39, 0.29) is 17.9 Å². The maximum absolute atomic E-state index is 11.6. The zero-order valence-electron chi connectivity index (χ0n) is 12.1. The molecule has 1 aliphatic heterocycles. The number of phenolic OH excluding ortho intramolecular Hbond substituents is 1. The lowest BCUT2D eigenvalue weighted by Gasteiger charge is -2.05. The maximum Gasteiger partial charge on any atom is 0.336 e. The topological polar surface area (TPSA) is 119 Å². The number of phenols is 1. The molecule has 8 nitrogen and oxygen atoms in total. The summed E-state index contributed by atoms with van der Waals surface area (Å²) >= 11 is 0. The molecule has 2 N–H and O–H groups in total. The third-order valence-electron chi connectivity index (χ3n) is 3.42. The number of aromatic hydroxyl groups is 1. The Morgan fingerprint density at radius 3 is 2.62 bits per heavy atom. The van der Waals surface area contributed by atoms with Crippen molar-refractivity contribution < 1.29 is 29.4 Å². The molecule has 0 saturated heterocycles. The lowest BCUT2D eigenvalue weighted by molar-refractivity contribution is -0.385. The van der Waals surface area contributed by atoms with Crippen molar-refractivity contribution in [3.05, 3.63) is 57.6 Å². The molecule has 0 atom stereocenters. The first-order valence-corrected chi connectivity index (χ1v) is 6.78. The van der Waals surface area contributed by atoms with Crippen LogP contribution >= 0.6 is 0 Å². The highest BCUT2D eigenvalue weighted by Gasteiger charge is 2.19. The van der Waals surface area contributed by atoms with Crippen LogP contribution in [0.15, 0.2) is 36.4 Å². The number of hydrogen-bond donors (Lipinski definition) is 2. The smallest absolute Gasteiger partial charge is 0.336 e. The molecule has 0 aromatic heterocycles. The lowest BCUT2D eigenvalue weighted by Crippen LogP contribution is -2.00. The predicted molar refractivity (Wildman–Crippen MR) is 82.8 cm³/mol. The van der Waals surface area contributed by atoms with Crippen LogP contribution in [-0.4, -0.2) is 27.9 Å². The number of rotatable bonds is 4. The van der Waals surface area contributed by atoms with Gasteiger partial charge in [-0.25, -0.2) is 4.79 Å². The molecule has 0 aliphatic carbocycles. The molecule has 0 radical (unpaired) electrons. The minimum atomic E-state index is -1.20. The molecule has 0 bridgehead atoms. The number of fused-ring (bicyclic) bond motifs is 1. The highest BCUT2D eigenvalue weighted by molar-refractivity contribution is 6.20. The normalized spacial score (nSPS) is 12.9. The van der Waals surface area contributed by atoms with Crippen LogP contribution in [0, 0.1) is 10.1 Å². The number of carboxylic acid groups (broad SMARTS) is 1. The van der Waals surface area contributed by atoms with Crippen molar-refractivity contribution in [3.8, 4) is 17.2 Å². The van der Waals surface area contributed by atoms with E-state index in [4.69, 9.17) is 9.47 Å². The molecule has 1 aliphatic rings. The van der Waals surface area contributed by atoms with Crippen LogP contribution in [0.1, 0.15) is 11.1 Å². The quantitative estimate of drug-likeness (QED) is 0.383. The Balaban J connectivity index is 2.06. The molecule has 0 fully saturated rings. The zero-order chi connectivity index (χ0) is 17.3. The Bertz CT molecular complexity index is 873. The Labute approximate surface area is 135 Å². The molecule has 2 aromatic rings. The van der Waals surface area contributed by atoms with Crippen LogP contribution in [0.4, 0.5) is 5.69 Å². The zero-order valence-corrected chi connectivity index (χ0v) is 12.1. The highest BCUT2D eigenvalue weighted by Crippen LogP contribution is 2.35. The number of benzene rings is 2. The fraction of sp³-hybridized carbons (Fsp3) is 0.0625. The van der Waals surface area contributed by atoms with Gasteiger partial charge in [-0.05, 0) is 35.4 Å². The van der Waals surface area contributed by atoms with Crippen molar-refractivity contribution in [2.45, 2.75) is 0 Å². The summed E-state index contributed by atoms with van der Waals surface area (Å²) in [5.74, 6) is -0.748. The summed E-state index contributed by atoms with van der Waals surface area (Å²) < 4.78 is 10.4. The molecule has 24 heavy (non-hydrogen) atoms. The molecular weight excluding hydrogens is 318 g/mol. The van der Waals surface area contributed by atoms with Gasteiger partial charge in [0.2, 0.25) is 6.79 Å². The molecule has 0 amide bonds. The Kier molecular flexibility index (Phi) is 3.78. The van der Waals surface area contributed by atoms with Crippen LogP contribution in [0.2, 0.25) is 0 Å². The molecule has 3 rings (SSSR count). The molecular formula is C16H11NO7. The number of nitrogens with zero attached hydrogens (tertiary/aromatic N) is 1. The second kappa shape index (κ2) is 5.92. The van der Waals surface area contributed by atoms with Crippen molar-refractivity contribution >= 4 is 23.3 Å². The summed E-state index contributed by atoms with van der Waals surface area (Å²) in [7, 11) is 0. The van der Waals surface area contributed by atoms with E-state index in [9.17, 15) is 25.1 Å². The van der Waals surface area contributed by atoms with Gasteiger partial charge >= 0.3 is 11.7 Å². The first-order valence-electron chi connectivity index (χ1n) is 6.78. The monoisotopic (exact) mass is 329 g/mol. The molecule has 8 heteroatoms. The van der Waals surface area contributed by atoms with Crippen molar-refractivity contribution in [1.29, 1.82) is 0 Å². The SMILES string of the molecule is O=C(O)/C(=C\c1ccc(O)c([N+](=O)[O-])c1)c1ccc2c(c1)OCO2. The predicted octanol–water partition coefficient (Wildman–Crippen LogP) is 2.65. The number of carbonyl (C=O) groups is 1. The van der Waals surface area contributed by atoms with E-state index in [1.54, 1.807) is 12.1 Å². The van der Waals surface area contributed by atoms with E-state index in [2.05, 4.69) is 0 Å². The van der Waals surface area contributed by atoms with Crippen LogP contribution < -0.4 is 9.47 Å². The molecule has 0 spiro atoms. The number of hydrogen-bond acceptors (Lipinski definition) is 6. The second-order valence-corrected chi connectivity index (χ2v) is 4.94. The number of carboxylic acids is 1. The van der Waals surface area contributed by atoms with Crippen LogP contribution in [0.25, 0.3) is 11.6 Å². The second-order valence-electron chi connectivity index (χ2n) is 4.94. The summed E-state index contributed by atoms with van der Waals surface area (Å²) in [5.41, 5.74) is 0.0597. The third-order valence-corrected chi connectivity index (χ3v) is 3.42. The number of nitro groups is 1. The van der Waals surface area contributed by atoms with E-state index in [1.165, 1.54) is 18.2 Å². The lowest BCUT2D eigenvalue weighted by atomic mass is 10.0. The summed E-state index contributed by atoms with van der Waals surface area (Å²) in [6.45, 7) is 0.0645. The van der Waals surface area contributed by atoms with Crippen molar-refractivity contribution in [2.75, 3.05) is 6.79 Å². The van der Waals surface area contributed by atoms with Gasteiger partial charge in [0.1, 0.15) is 0 Å². The number of nitro benzene ring substituents is 1. The van der Waals surface area contributed by atoms with Gasteiger partial charge in [-0.2, -0.15) is 0 Å². The van der Waals surface area contributed by atoms with E-state index in [0.29, 0.717) is 17.1 Å². The van der Waals surface area contributed by atoms with Crippen molar-refractivity contribution in [1.82, 2.24) is 0 Å².